The molecule has 0 fully saturated rings. The summed E-state index contributed by atoms with van der Waals surface area (Å²) in [5.41, 5.74) is 3.33. The van der Waals surface area contributed by atoms with Crippen LogP contribution in [0.15, 0.2) is 30.3 Å². The molecular formula is C14H21NO2. The average Bonchev–Trinajstić information content (AvgIpc) is 2.30. The SMILES string of the molecule is CONC(=O)C(C)(C)CCCc1ccccc1. The van der Waals surface area contributed by atoms with Crippen LogP contribution in [0.5, 0.6) is 0 Å². The topological polar surface area (TPSA) is 38.3 Å². The lowest BCUT2D eigenvalue weighted by molar-refractivity contribution is -0.140. The van der Waals surface area contributed by atoms with E-state index in [2.05, 4.69) is 22.5 Å². The first-order valence-electron chi connectivity index (χ1n) is 5.93. The second-order valence-electron chi connectivity index (χ2n) is 4.86. The maximum Gasteiger partial charge on any atom is 0.249 e. The molecular weight excluding hydrogens is 214 g/mol. The van der Waals surface area contributed by atoms with E-state index < -0.39 is 0 Å². The number of hydrogen-bond donors (Lipinski definition) is 1. The van der Waals surface area contributed by atoms with Crippen molar-refractivity contribution in [3.8, 4) is 0 Å². The van der Waals surface area contributed by atoms with Crippen molar-refractivity contribution in [2.75, 3.05) is 7.11 Å². The van der Waals surface area contributed by atoms with Crippen molar-refractivity contribution in [3.63, 3.8) is 0 Å². The second-order valence-corrected chi connectivity index (χ2v) is 4.86. The number of aryl methyl sites for hydroxylation is 1. The molecule has 0 aromatic heterocycles. The maximum absolute atomic E-state index is 11.7. The van der Waals surface area contributed by atoms with Crippen LogP contribution in [0.1, 0.15) is 32.3 Å². The van der Waals surface area contributed by atoms with Crippen LogP contribution in [-0.2, 0) is 16.1 Å². The van der Waals surface area contributed by atoms with Gasteiger partial charge in [0.25, 0.3) is 0 Å². The molecule has 0 saturated carbocycles. The molecule has 0 unspecified atom stereocenters. The van der Waals surface area contributed by atoms with Gasteiger partial charge in [-0.25, -0.2) is 5.48 Å². The molecule has 0 bridgehead atoms. The number of hydroxylamine groups is 1. The number of rotatable bonds is 6. The van der Waals surface area contributed by atoms with Gasteiger partial charge in [-0.3, -0.25) is 9.63 Å². The molecule has 1 aromatic carbocycles. The van der Waals surface area contributed by atoms with E-state index in [1.54, 1.807) is 0 Å². The van der Waals surface area contributed by atoms with Gasteiger partial charge in [0, 0.05) is 5.41 Å². The van der Waals surface area contributed by atoms with Crippen LogP contribution in [0.3, 0.4) is 0 Å². The van der Waals surface area contributed by atoms with E-state index in [-0.39, 0.29) is 11.3 Å². The molecule has 0 aliphatic carbocycles. The number of amides is 1. The molecule has 0 radical (unpaired) electrons. The molecule has 3 nitrogen and oxygen atoms in total. The highest BCUT2D eigenvalue weighted by Gasteiger charge is 2.26. The van der Waals surface area contributed by atoms with Crippen molar-refractivity contribution in [3.05, 3.63) is 35.9 Å². The summed E-state index contributed by atoms with van der Waals surface area (Å²) in [6.45, 7) is 3.87. The molecule has 1 rings (SSSR count). The smallest absolute Gasteiger partial charge is 0.249 e. The van der Waals surface area contributed by atoms with Crippen molar-refractivity contribution in [2.45, 2.75) is 33.1 Å². The normalized spacial score (nSPS) is 11.2. The summed E-state index contributed by atoms with van der Waals surface area (Å²) in [6.07, 6.45) is 2.84. The number of carbonyl (C=O) groups excluding carboxylic acids is 1. The quantitative estimate of drug-likeness (QED) is 0.770. The molecule has 0 saturated heterocycles. The fourth-order valence-electron chi connectivity index (χ4n) is 1.72. The van der Waals surface area contributed by atoms with Crippen LogP contribution in [-0.4, -0.2) is 13.0 Å². The van der Waals surface area contributed by atoms with E-state index in [9.17, 15) is 4.79 Å². The number of carbonyl (C=O) groups is 1. The molecule has 1 N–H and O–H groups in total. The van der Waals surface area contributed by atoms with E-state index in [0.717, 1.165) is 19.3 Å². The Morgan fingerprint density at radius 2 is 1.94 bits per heavy atom. The first kappa shape index (κ1) is 13.7. The van der Waals surface area contributed by atoms with Crippen molar-refractivity contribution in [1.29, 1.82) is 0 Å². The molecule has 0 aliphatic heterocycles. The maximum atomic E-state index is 11.7. The fourth-order valence-corrected chi connectivity index (χ4v) is 1.72. The minimum absolute atomic E-state index is 0.0620. The minimum atomic E-state index is -0.384. The summed E-state index contributed by atoms with van der Waals surface area (Å²) >= 11 is 0. The molecule has 94 valence electrons. The highest BCUT2D eigenvalue weighted by atomic mass is 16.6. The van der Waals surface area contributed by atoms with Crippen molar-refractivity contribution < 1.29 is 9.63 Å². The molecule has 0 heterocycles. The summed E-state index contributed by atoms with van der Waals surface area (Å²) in [6, 6.07) is 10.3. The first-order valence-corrected chi connectivity index (χ1v) is 5.93. The fraction of sp³-hybridized carbons (Fsp3) is 0.500. The molecule has 0 aliphatic rings. The van der Waals surface area contributed by atoms with E-state index in [1.165, 1.54) is 12.7 Å². The Labute approximate surface area is 103 Å². The van der Waals surface area contributed by atoms with Gasteiger partial charge in [-0.05, 0) is 24.8 Å². The molecule has 17 heavy (non-hydrogen) atoms. The third-order valence-electron chi connectivity index (χ3n) is 2.92. The summed E-state index contributed by atoms with van der Waals surface area (Å²) in [5.74, 6) is -0.0620. The van der Waals surface area contributed by atoms with E-state index in [4.69, 9.17) is 0 Å². The van der Waals surface area contributed by atoms with Gasteiger partial charge in [-0.2, -0.15) is 0 Å². The third-order valence-corrected chi connectivity index (χ3v) is 2.92. The second kappa shape index (κ2) is 6.40. The van der Waals surface area contributed by atoms with Crippen LogP contribution in [0.2, 0.25) is 0 Å². The largest absolute Gasteiger partial charge is 0.277 e. The lowest BCUT2D eigenvalue weighted by atomic mass is 9.86. The van der Waals surface area contributed by atoms with E-state index in [1.807, 2.05) is 32.0 Å². The molecule has 1 aromatic rings. The van der Waals surface area contributed by atoms with Crippen LogP contribution in [0.4, 0.5) is 0 Å². The van der Waals surface area contributed by atoms with Gasteiger partial charge in [-0.1, -0.05) is 44.2 Å². The van der Waals surface area contributed by atoms with Crippen molar-refractivity contribution in [2.24, 2.45) is 5.41 Å². The molecule has 1 amide bonds. The van der Waals surface area contributed by atoms with Gasteiger partial charge in [0.1, 0.15) is 0 Å². The zero-order chi connectivity index (χ0) is 12.7. The van der Waals surface area contributed by atoms with Crippen molar-refractivity contribution >= 4 is 5.91 Å². The van der Waals surface area contributed by atoms with Crippen LogP contribution in [0.25, 0.3) is 0 Å². The Morgan fingerprint density at radius 1 is 1.29 bits per heavy atom. The Hall–Kier alpha value is -1.35. The van der Waals surface area contributed by atoms with Crippen LogP contribution in [0, 0.1) is 5.41 Å². The lowest BCUT2D eigenvalue weighted by Crippen LogP contribution is -2.36. The summed E-state index contributed by atoms with van der Waals surface area (Å²) in [7, 11) is 1.46. The zero-order valence-electron chi connectivity index (χ0n) is 10.8. The highest BCUT2D eigenvalue weighted by molar-refractivity contribution is 5.80. The Balaban J connectivity index is 2.37. The van der Waals surface area contributed by atoms with Crippen molar-refractivity contribution in [1.82, 2.24) is 5.48 Å². The minimum Gasteiger partial charge on any atom is -0.277 e. The third kappa shape index (κ3) is 4.57. The van der Waals surface area contributed by atoms with Gasteiger partial charge in [0.15, 0.2) is 0 Å². The molecule has 0 atom stereocenters. The van der Waals surface area contributed by atoms with Gasteiger partial charge < -0.3 is 0 Å². The van der Waals surface area contributed by atoms with E-state index >= 15 is 0 Å². The number of nitrogens with one attached hydrogen (secondary N) is 1. The molecule has 0 spiro atoms. The van der Waals surface area contributed by atoms with Gasteiger partial charge in [-0.15, -0.1) is 0 Å². The van der Waals surface area contributed by atoms with Gasteiger partial charge in [0.2, 0.25) is 5.91 Å². The summed E-state index contributed by atoms with van der Waals surface area (Å²) in [4.78, 5) is 16.3. The monoisotopic (exact) mass is 235 g/mol. The Morgan fingerprint density at radius 3 is 2.53 bits per heavy atom. The predicted molar refractivity (Wildman–Crippen MR) is 68.3 cm³/mol. The van der Waals surface area contributed by atoms with Gasteiger partial charge in [0.05, 0.1) is 7.11 Å². The lowest BCUT2D eigenvalue weighted by Gasteiger charge is -2.22. The summed E-state index contributed by atoms with van der Waals surface area (Å²) < 4.78 is 0. The van der Waals surface area contributed by atoms with E-state index in [0.29, 0.717) is 0 Å². The standard InChI is InChI=1S/C14H21NO2/c1-14(2,13(16)15-17-3)11-7-10-12-8-5-4-6-9-12/h4-6,8-9H,7,10-11H2,1-3H3,(H,15,16). The predicted octanol–water partition coefficient (Wildman–Crippen LogP) is 2.71. The van der Waals surface area contributed by atoms with Crippen LogP contribution >= 0.6 is 0 Å². The number of hydrogen-bond acceptors (Lipinski definition) is 2. The summed E-state index contributed by atoms with van der Waals surface area (Å²) in [5, 5.41) is 0. The highest BCUT2D eigenvalue weighted by Crippen LogP contribution is 2.23. The number of benzene rings is 1. The zero-order valence-corrected chi connectivity index (χ0v) is 10.8. The first-order chi connectivity index (χ1) is 8.06. The Kier molecular flexibility index (Phi) is 5.16. The molecule has 3 heteroatoms. The van der Waals surface area contributed by atoms with Crippen LogP contribution < -0.4 is 5.48 Å². The Bertz CT molecular complexity index is 346. The average molecular weight is 235 g/mol. The van der Waals surface area contributed by atoms with Gasteiger partial charge >= 0.3 is 0 Å².